The molecule has 0 aliphatic heterocycles. The Kier molecular flexibility index (Phi) is 3.80. The summed E-state index contributed by atoms with van der Waals surface area (Å²) in [5.74, 6) is 0.542. The Balaban J connectivity index is 1.77. The Morgan fingerprint density at radius 2 is 2.30 bits per heavy atom. The van der Waals surface area contributed by atoms with E-state index < -0.39 is 0 Å². The minimum atomic E-state index is -0.0155. The number of halogens is 1. The van der Waals surface area contributed by atoms with Crippen molar-refractivity contribution >= 4 is 23.4 Å². The van der Waals surface area contributed by atoms with Gasteiger partial charge in [-0.15, -0.1) is 5.10 Å². The first-order valence-electron chi connectivity index (χ1n) is 6.51. The van der Waals surface area contributed by atoms with Crippen LogP contribution in [0.4, 0.5) is 0 Å². The minimum absolute atomic E-state index is 0.0155. The number of hydrogen-bond donors (Lipinski definition) is 1. The third-order valence-corrected chi connectivity index (χ3v) is 4.60. The number of nitrogens with one attached hydrogen (secondary N) is 1. The standard InChI is InChI=1S/C12H14ClN5OS/c1-2-18-10(13)9(16-17-18)6-20-12-14-8-5-3-4-7(8)11(19)15-12/h2-6H2,1H3,(H,14,15,19). The highest BCUT2D eigenvalue weighted by Crippen LogP contribution is 2.24. The fourth-order valence-electron chi connectivity index (χ4n) is 2.25. The topological polar surface area (TPSA) is 76.5 Å². The van der Waals surface area contributed by atoms with Crippen LogP contribution in [0.5, 0.6) is 0 Å². The van der Waals surface area contributed by atoms with Gasteiger partial charge in [-0.25, -0.2) is 9.67 Å². The molecule has 2 heterocycles. The third kappa shape index (κ3) is 2.47. The molecule has 0 saturated heterocycles. The smallest absolute Gasteiger partial charge is 0.254 e. The second-order valence-electron chi connectivity index (χ2n) is 4.58. The van der Waals surface area contributed by atoms with Gasteiger partial charge in [0.2, 0.25) is 0 Å². The monoisotopic (exact) mass is 311 g/mol. The van der Waals surface area contributed by atoms with E-state index in [1.165, 1.54) is 11.8 Å². The van der Waals surface area contributed by atoms with E-state index in [2.05, 4.69) is 20.3 Å². The van der Waals surface area contributed by atoms with E-state index in [0.29, 0.717) is 28.3 Å². The summed E-state index contributed by atoms with van der Waals surface area (Å²) in [5.41, 5.74) is 2.46. The van der Waals surface area contributed by atoms with Crippen molar-refractivity contribution in [1.82, 2.24) is 25.0 Å². The van der Waals surface area contributed by atoms with Gasteiger partial charge < -0.3 is 4.98 Å². The maximum Gasteiger partial charge on any atom is 0.254 e. The van der Waals surface area contributed by atoms with Crippen molar-refractivity contribution < 1.29 is 0 Å². The fourth-order valence-corrected chi connectivity index (χ4v) is 3.40. The van der Waals surface area contributed by atoms with Gasteiger partial charge in [-0.2, -0.15) is 0 Å². The maximum absolute atomic E-state index is 11.9. The first-order valence-corrected chi connectivity index (χ1v) is 7.88. The number of thioether (sulfide) groups is 1. The summed E-state index contributed by atoms with van der Waals surface area (Å²) in [6.07, 6.45) is 2.73. The van der Waals surface area contributed by atoms with Gasteiger partial charge in [-0.1, -0.05) is 28.6 Å². The van der Waals surface area contributed by atoms with Gasteiger partial charge in [-0.05, 0) is 26.2 Å². The molecule has 0 unspecified atom stereocenters. The largest absolute Gasteiger partial charge is 0.301 e. The molecule has 1 aliphatic rings. The fraction of sp³-hybridized carbons (Fsp3) is 0.500. The molecule has 0 aromatic carbocycles. The van der Waals surface area contributed by atoms with Gasteiger partial charge in [-0.3, -0.25) is 4.79 Å². The molecule has 0 spiro atoms. The first kappa shape index (κ1) is 13.6. The van der Waals surface area contributed by atoms with E-state index in [0.717, 1.165) is 30.5 Å². The predicted molar refractivity (Wildman–Crippen MR) is 77.1 cm³/mol. The van der Waals surface area contributed by atoms with Crippen LogP contribution in [0.1, 0.15) is 30.3 Å². The number of H-pyrrole nitrogens is 1. The second-order valence-corrected chi connectivity index (χ2v) is 5.90. The van der Waals surface area contributed by atoms with Crippen molar-refractivity contribution in [2.24, 2.45) is 0 Å². The summed E-state index contributed by atoms with van der Waals surface area (Å²) in [6.45, 7) is 2.64. The molecule has 0 fully saturated rings. The summed E-state index contributed by atoms with van der Waals surface area (Å²) in [6, 6.07) is 0. The van der Waals surface area contributed by atoms with Crippen molar-refractivity contribution in [2.45, 2.75) is 43.6 Å². The maximum atomic E-state index is 11.9. The molecule has 1 N–H and O–H groups in total. The summed E-state index contributed by atoms with van der Waals surface area (Å²) < 4.78 is 1.64. The number of aromatic nitrogens is 5. The molecule has 2 aromatic heterocycles. The SMILES string of the molecule is CCn1nnc(CSc2nc3c(c(=O)[nH]2)CCC3)c1Cl. The Labute approximate surface area is 124 Å². The van der Waals surface area contributed by atoms with Gasteiger partial charge in [0.1, 0.15) is 5.69 Å². The molecule has 6 nitrogen and oxygen atoms in total. The quantitative estimate of drug-likeness (QED) is 0.688. The molecule has 0 atom stereocenters. The van der Waals surface area contributed by atoms with Crippen LogP contribution in [0.15, 0.2) is 9.95 Å². The number of aromatic amines is 1. The zero-order chi connectivity index (χ0) is 14.1. The molecule has 0 amide bonds. The molecule has 0 bridgehead atoms. The lowest BCUT2D eigenvalue weighted by atomic mass is 10.3. The molecule has 1 aliphatic carbocycles. The van der Waals surface area contributed by atoms with Crippen LogP contribution >= 0.6 is 23.4 Å². The zero-order valence-corrected chi connectivity index (χ0v) is 12.6. The van der Waals surface area contributed by atoms with Gasteiger partial charge in [0.15, 0.2) is 10.3 Å². The molecule has 106 valence electrons. The highest BCUT2D eigenvalue weighted by atomic mass is 35.5. The first-order chi connectivity index (χ1) is 9.69. The molecule has 0 saturated carbocycles. The lowest BCUT2D eigenvalue weighted by Gasteiger charge is -2.02. The van der Waals surface area contributed by atoms with Crippen LogP contribution < -0.4 is 5.56 Å². The summed E-state index contributed by atoms with van der Waals surface area (Å²) in [4.78, 5) is 19.2. The highest BCUT2D eigenvalue weighted by molar-refractivity contribution is 7.98. The van der Waals surface area contributed by atoms with Crippen molar-refractivity contribution in [3.63, 3.8) is 0 Å². The minimum Gasteiger partial charge on any atom is -0.301 e. The van der Waals surface area contributed by atoms with Gasteiger partial charge in [0.25, 0.3) is 5.56 Å². The number of hydrogen-bond acceptors (Lipinski definition) is 5. The van der Waals surface area contributed by atoms with Crippen molar-refractivity contribution in [3.8, 4) is 0 Å². The van der Waals surface area contributed by atoms with Crippen molar-refractivity contribution in [2.75, 3.05) is 0 Å². The molecular formula is C12H14ClN5OS. The van der Waals surface area contributed by atoms with Crippen molar-refractivity contribution in [1.29, 1.82) is 0 Å². The average molecular weight is 312 g/mol. The van der Waals surface area contributed by atoms with Crippen LogP contribution in [0.3, 0.4) is 0 Å². The van der Waals surface area contributed by atoms with Crippen LogP contribution in [0.2, 0.25) is 5.15 Å². The summed E-state index contributed by atoms with van der Waals surface area (Å²) in [7, 11) is 0. The molecule has 0 radical (unpaired) electrons. The van der Waals surface area contributed by atoms with E-state index in [9.17, 15) is 4.79 Å². The van der Waals surface area contributed by atoms with Gasteiger partial charge in [0, 0.05) is 17.9 Å². The number of fused-ring (bicyclic) bond motifs is 1. The third-order valence-electron chi connectivity index (χ3n) is 3.30. The van der Waals surface area contributed by atoms with Gasteiger partial charge in [0.05, 0.1) is 5.69 Å². The molecule has 20 heavy (non-hydrogen) atoms. The van der Waals surface area contributed by atoms with Gasteiger partial charge >= 0.3 is 0 Å². The molecule has 8 heteroatoms. The normalized spacial score (nSPS) is 13.7. The highest BCUT2D eigenvalue weighted by Gasteiger charge is 2.18. The summed E-state index contributed by atoms with van der Waals surface area (Å²) in [5, 5.41) is 9.16. The summed E-state index contributed by atoms with van der Waals surface area (Å²) >= 11 is 7.57. The Hall–Kier alpha value is -1.34. The van der Waals surface area contributed by atoms with Crippen LogP contribution in [-0.4, -0.2) is 25.0 Å². The lowest BCUT2D eigenvalue weighted by molar-refractivity contribution is 0.627. The number of rotatable bonds is 4. The second kappa shape index (κ2) is 5.57. The van der Waals surface area contributed by atoms with E-state index in [4.69, 9.17) is 11.6 Å². The molecule has 2 aromatic rings. The number of aryl methyl sites for hydroxylation is 2. The van der Waals surface area contributed by atoms with E-state index in [1.807, 2.05) is 6.92 Å². The Morgan fingerprint density at radius 3 is 3.05 bits per heavy atom. The molecule has 3 rings (SSSR count). The Morgan fingerprint density at radius 1 is 1.45 bits per heavy atom. The lowest BCUT2D eigenvalue weighted by Crippen LogP contribution is -2.14. The number of nitrogens with zero attached hydrogens (tertiary/aromatic N) is 4. The average Bonchev–Trinajstić information content (AvgIpc) is 3.03. The van der Waals surface area contributed by atoms with E-state index >= 15 is 0 Å². The van der Waals surface area contributed by atoms with E-state index in [1.54, 1.807) is 4.68 Å². The van der Waals surface area contributed by atoms with E-state index in [-0.39, 0.29) is 5.56 Å². The zero-order valence-electron chi connectivity index (χ0n) is 11.0. The van der Waals surface area contributed by atoms with Crippen LogP contribution in [-0.2, 0) is 25.1 Å². The Bertz CT molecular complexity index is 696. The van der Waals surface area contributed by atoms with Crippen LogP contribution in [0.25, 0.3) is 0 Å². The van der Waals surface area contributed by atoms with Crippen molar-refractivity contribution in [3.05, 3.63) is 32.5 Å². The van der Waals surface area contributed by atoms with Crippen LogP contribution in [0, 0.1) is 0 Å². The molecular weight excluding hydrogens is 298 g/mol. The predicted octanol–water partition coefficient (Wildman–Crippen LogP) is 1.82.